The third kappa shape index (κ3) is 4.78. The standard InChI is InChI=1S/C40H57NO3S/c1-25(2)31-23-34(41-45-31)44-24-40(35(42)43)21-12-26(13-22-40)28-15-19-39(7)32(36(28,3)4)16-20-38(6)30-14-18-37(5)17-8-9-29(37)27(30)10-11-33(38)39/h12,15,23,27,29-30,32-33H,1,8-11,13-14,16-22,24H2,2-7H3,(H,42,43)/t27-,29-,30?,32?,33?,37-,38+,39+,40?/m1/s1. The highest BCUT2D eigenvalue weighted by Crippen LogP contribution is 2.73. The van der Waals surface area contributed by atoms with Gasteiger partial charge in [-0.1, -0.05) is 59.8 Å². The second-order valence-electron chi connectivity index (χ2n) is 17.9. The molecule has 9 atom stereocenters. The Labute approximate surface area is 276 Å². The predicted octanol–water partition coefficient (Wildman–Crippen LogP) is 10.8. The molecule has 1 N–H and O–H groups in total. The summed E-state index contributed by atoms with van der Waals surface area (Å²) >= 11 is 1.35. The Morgan fingerprint density at radius 2 is 1.76 bits per heavy atom. The van der Waals surface area contributed by atoms with Crippen molar-refractivity contribution in [2.75, 3.05) is 6.61 Å². The van der Waals surface area contributed by atoms with Crippen molar-refractivity contribution in [2.24, 2.45) is 56.7 Å². The summed E-state index contributed by atoms with van der Waals surface area (Å²) in [6, 6.07) is 1.88. The summed E-state index contributed by atoms with van der Waals surface area (Å²) in [5.41, 5.74) is 4.47. The smallest absolute Gasteiger partial charge is 0.313 e. The Kier molecular flexibility index (Phi) is 7.63. The molecule has 0 saturated heterocycles. The fraction of sp³-hybridized carbons (Fsp3) is 0.750. The van der Waals surface area contributed by atoms with Gasteiger partial charge in [0.2, 0.25) is 5.88 Å². The lowest BCUT2D eigenvalue weighted by Gasteiger charge is -2.68. The van der Waals surface area contributed by atoms with Gasteiger partial charge in [0.05, 0.1) is 4.88 Å². The van der Waals surface area contributed by atoms with Crippen molar-refractivity contribution in [3.63, 3.8) is 0 Å². The van der Waals surface area contributed by atoms with Crippen LogP contribution in [0.3, 0.4) is 0 Å². The van der Waals surface area contributed by atoms with Gasteiger partial charge in [-0.05, 0) is 163 Å². The number of nitrogens with zero attached hydrogens (tertiary/aromatic N) is 1. The molecule has 4 nitrogen and oxygen atoms in total. The third-order valence-corrected chi connectivity index (χ3v) is 16.3. The van der Waals surface area contributed by atoms with Crippen LogP contribution in [0.4, 0.5) is 0 Å². The molecule has 1 aromatic heterocycles. The molecule has 0 radical (unpaired) electrons. The average molecular weight is 632 g/mol. The van der Waals surface area contributed by atoms with Crippen molar-refractivity contribution in [1.29, 1.82) is 0 Å². The first kappa shape index (κ1) is 31.7. The number of ether oxygens (including phenoxy) is 1. The van der Waals surface area contributed by atoms with Crippen LogP contribution < -0.4 is 4.74 Å². The van der Waals surface area contributed by atoms with Crippen molar-refractivity contribution in [2.45, 2.75) is 125 Å². The lowest BCUT2D eigenvalue weighted by Crippen LogP contribution is -2.61. The zero-order valence-electron chi connectivity index (χ0n) is 28.8. The zero-order chi connectivity index (χ0) is 32.0. The molecular formula is C40H57NO3S. The van der Waals surface area contributed by atoms with E-state index in [1.165, 1.54) is 86.9 Å². The summed E-state index contributed by atoms with van der Waals surface area (Å²) in [7, 11) is 0. The van der Waals surface area contributed by atoms with Gasteiger partial charge < -0.3 is 9.84 Å². The quantitative estimate of drug-likeness (QED) is 0.339. The van der Waals surface area contributed by atoms with Gasteiger partial charge in [-0.2, -0.15) is 4.37 Å². The second kappa shape index (κ2) is 10.8. The number of carboxylic acids is 1. The Morgan fingerprint density at radius 1 is 0.956 bits per heavy atom. The number of rotatable bonds is 6. The molecule has 246 valence electrons. The Balaban J connectivity index is 1.10. The number of hydrogen-bond acceptors (Lipinski definition) is 4. The van der Waals surface area contributed by atoms with Crippen molar-refractivity contribution in [3.05, 3.63) is 40.8 Å². The van der Waals surface area contributed by atoms with E-state index >= 15 is 0 Å². The van der Waals surface area contributed by atoms with Crippen LogP contribution in [0.5, 0.6) is 5.88 Å². The lowest BCUT2D eigenvalue weighted by atomic mass is 9.36. The van der Waals surface area contributed by atoms with Gasteiger partial charge in [0.25, 0.3) is 0 Å². The summed E-state index contributed by atoms with van der Waals surface area (Å²) < 4.78 is 10.4. The van der Waals surface area contributed by atoms with E-state index in [1.54, 1.807) is 0 Å². The van der Waals surface area contributed by atoms with Crippen LogP contribution in [0.15, 0.2) is 35.9 Å². The Bertz CT molecular complexity index is 1440. The summed E-state index contributed by atoms with van der Waals surface area (Å²) in [5, 5.41) is 10.4. The summed E-state index contributed by atoms with van der Waals surface area (Å²) in [5.74, 6) is 4.08. The third-order valence-electron chi connectivity index (χ3n) is 15.3. The number of allylic oxidation sites excluding steroid dienone is 5. The average Bonchev–Trinajstić information content (AvgIpc) is 3.63. The van der Waals surface area contributed by atoms with Crippen LogP contribution in [0.1, 0.15) is 130 Å². The second-order valence-corrected chi connectivity index (χ2v) is 18.7. The zero-order valence-corrected chi connectivity index (χ0v) is 29.7. The monoisotopic (exact) mass is 631 g/mol. The van der Waals surface area contributed by atoms with E-state index in [-0.39, 0.29) is 12.0 Å². The molecule has 4 saturated carbocycles. The van der Waals surface area contributed by atoms with Gasteiger partial charge in [0.1, 0.15) is 12.0 Å². The molecule has 4 fully saturated rings. The molecule has 1 heterocycles. The van der Waals surface area contributed by atoms with E-state index < -0.39 is 11.4 Å². The lowest BCUT2D eigenvalue weighted by molar-refractivity contribution is -0.179. The Hall–Kier alpha value is -1.88. The summed E-state index contributed by atoms with van der Waals surface area (Å²) in [6.07, 6.45) is 20.9. The number of aliphatic carboxylic acids is 1. The largest absolute Gasteiger partial charge is 0.481 e. The SMILES string of the molecule is C=C(C)c1cc(OCC2(C(=O)O)CC=C(C3=CC[C@@]4(C)C(CC[C@@]5(C)C6CC[C@@]7(C)CCC[C@@H]7[C@H]6CCC54)C3(C)C)CC2)ns1. The predicted molar refractivity (Wildman–Crippen MR) is 184 cm³/mol. The summed E-state index contributed by atoms with van der Waals surface area (Å²) in [6.45, 7) is 19.2. The number of carboxylic acid groups (broad SMARTS) is 1. The normalized spacial score (nSPS) is 43.6. The fourth-order valence-electron chi connectivity index (χ4n) is 13.0. The highest BCUT2D eigenvalue weighted by Gasteiger charge is 2.65. The van der Waals surface area contributed by atoms with Crippen molar-refractivity contribution in [3.8, 4) is 5.88 Å². The van der Waals surface area contributed by atoms with Gasteiger partial charge in [-0.3, -0.25) is 4.79 Å². The van der Waals surface area contributed by atoms with Gasteiger partial charge in [-0.15, -0.1) is 0 Å². The molecule has 6 aliphatic carbocycles. The van der Waals surface area contributed by atoms with E-state index in [1.807, 2.05) is 13.0 Å². The van der Waals surface area contributed by atoms with Crippen molar-refractivity contribution >= 4 is 23.1 Å². The first-order chi connectivity index (χ1) is 21.2. The Morgan fingerprint density at radius 3 is 2.44 bits per heavy atom. The minimum Gasteiger partial charge on any atom is -0.481 e. The maximum atomic E-state index is 12.6. The summed E-state index contributed by atoms with van der Waals surface area (Å²) in [4.78, 5) is 13.6. The van der Waals surface area contributed by atoms with E-state index in [0.29, 0.717) is 40.9 Å². The van der Waals surface area contributed by atoms with Crippen molar-refractivity contribution in [1.82, 2.24) is 4.37 Å². The van der Waals surface area contributed by atoms with E-state index in [2.05, 4.69) is 57.7 Å². The van der Waals surface area contributed by atoms with Crippen LogP contribution in [0, 0.1) is 56.7 Å². The van der Waals surface area contributed by atoms with Crippen molar-refractivity contribution < 1.29 is 14.6 Å². The number of aromatic nitrogens is 1. The molecule has 0 spiro atoms. The number of fused-ring (bicyclic) bond motifs is 7. The molecule has 45 heavy (non-hydrogen) atoms. The molecule has 0 amide bonds. The van der Waals surface area contributed by atoms with Crippen LogP contribution in [-0.4, -0.2) is 22.1 Å². The van der Waals surface area contributed by atoms with E-state index in [9.17, 15) is 9.90 Å². The molecule has 4 unspecified atom stereocenters. The highest BCUT2D eigenvalue weighted by atomic mass is 32.1. The molecule has 0 aliphatic heterocycles. The van der Waals surface area contributed by atoms with Crippen LogP contribution in [-0.2, 0) is 4.79 Å². The molecule has 0 aromatic carbocycles. The van der Waals surface area contributed by atoms with Crippen LogP contribution in [0.25, 0.3) is 5.57 Å². The number of carbonyl (C=O) groups is 1. The first-order valence-corrected chi connectivity index (χ1v) is 18.9. The molecular weight excluding hydrogens is 575 g/mol. The number of hydrogen-bond donors (Lipinski definition) is 1. The molecule has 7 rings (SSSR count). The fourth-order valence-corrected chi connectivity index (χ4v) is 13.6. The van der Waals surface area contributed by atoms with Gasteiger partial charge in [0, 0.05) is 6.07 Å². The molecule has 5 heteroatoms. The van der Waals surface area contributed by atoms with Gasteiger partial charge >= 0.3 is 5.97 Å². The molecule has 1 aromatic rings. The minimum atomic E-state index is -0.912. The van der Waals surface area contributed by atoms with Crippen LogP contribution in [0.2, 0.25) is 0 Å². The molecule has 6 aliphatic rings. The maximum absolute atomic E-state index is 12.6. The van der Waals surface area contributed by atoms with E-state index in [0.717, 1.165) is 40.5 Å². The maximum Gasteiger partial charge on any atom is 0.313 e. The topological polar surface area (TPSA) is 59.4 Å². The van der Waals surface area contributed by atoms with Gasteiger partial charge in [-0.25, -0.2) is 0 Å². The van der Waals surface area contributed by atoms with E-state index in [4.69, 9.17) is 4.74 Å². The first-order valence-electron chi connectivity index (χ1n) is 18.1. The van der Waals surface area contributed by atoms with Gasteiger partial charge in [0.15, 0.2) is 0 Å². The highest BCUT2D eigenvalue weighted by molar-refractivity contribution is 7.07. The minimum absolute atomic E-state index is 0.0902. The molecule has 0 bridgehead atoms. The van der Waals surface area contributed by atoms with Crippen LogP contribution >= 0.6 is 11.5 Å².